The number of carbonyl (C=O) groups excluding carboxylic acids is 4. The first kappa shape index (κ1) is 18.7. The summed E-state index contributed by atoms with van der Waals surface area (Å²) in [5, 5.41) is 2.20. The number of benzene rings is 2. The molecule has 0 spiro atoms. The van der Waals surface area contributed by atoms with Gasteiger partial charge in [0, 0.05) is 31.4 Å². The third kappa shape index (κ3) is 3.22. The molecule has 3 N–H and O–H groups in total. The molecule has 8 nitrogen and oxygen atoms in total. The molecule has 1 atom stereocenters. The van der Waals surface area contributed by atoms with Crippen LogP contribution in [0.2, 0.25) is 0 Å². The van der Waals surface area contributed by atoms with Gasteiger partial charge in [-0.25, -0.2) is 0 Å². The molecule has 2 aromatic rings. The number of fused-ring (bicyclic) bond motifs is 1. The molecule has 1 unspecified atom stereocenters. The van der Waals surface area contributed by atoms with E-state index in [1.54, 1.807) is 30.3 Å². The largest absolute Gasteiger partial charge is 0.399 e. The summed E-state index contributed by atoms with van der Waals surface area (Å²) in [5.74, 6) is -2.01. The van der Waals surface area contributed by atoms with Crippen molar-refractivity contribution in [2.75, 3.05) is 17.7 Å². The van der Waals surface area contributed by atoms with Gasteiger partial charge in [-0.15, -0.1) is 0 Å². The Bertz CT molecular complexity index is 1030. The summed E-state index contributed by atoms with van der Waals surface area (Å²) in [6.07, 6.45) is 0.230. The zero-order valence-electron chi connectivity index (χ0n) is 15.8. The van der Waals surface area contributed by atoms with Crippen LogP contribution in [0.3, 0.4) is 0 Å². The van der Waals surface area contributed by atoms with Crippen LogP contribution >= 0.6 is 0 Å². The minimum Gasteiger partial charge on any atom is -0.399 e. The third-order valence-electron chi connectivity index (χ3n) is 5.30. The van der Waals surface area contributed by atoms with Gasteiger partial charge in [-0.1, -0.05) is 12.1 Å². The molecule has 2 aromatic carbocycles. The lowest BCUT2D eigenvalue weighted by atomic mass is 10.0. The first-order valence-corrected chi connectivity index (χ1v) is 9.27. The zero-order chi connectivity index (χ0) is 20.7. The van der Waals surface area contributed by atoms with E-state index in [0.717, 1.165) is 10.6 Å². The number of rotatable bonds is 4. The van der Waals surface area contributed by atoms with Crippen molar-refractivity contribution in [3.05, 3.63) is 59.2 Å². The summed E-state index contributed by atoms with van der Waals surface area (Å²) in [6, 6.07) is 11.5. The molecule has 1 fully saturated rings. The van der Waals surface area contributed by atoms with Gasteiger partial charge in [-0.2, -0.15) is 0 Å². The van der Waals surface area contributed by atoms with Gasteiger partial charge < -0.3 is 10.6 Å². The Morgan fingerprint density at radius 3 is 2.48 bits per heavy atom. The summed E-state index contributed by atoms with van der Waals surface area (Å²) in [5.41, 5.74) is 8.58. The fourth-order valence-corrected chi connectivity index (χ4v) is 3.79. The standard InChI is InChI=1S/C21H20N4O4/c1-24(14-7-5-13(22)6-8-14)11-12-3-2-4-15-18(12)21(29)25(20(15)28)16-9-10-17(26)23-19(16)27/h2-8,16H,9-11,22H2,1H3,(H,23,26,27). The van der Waals surface area contributed by atoms with Crippen LogP contribution in [0.5, 0.6) is 0 Å². The Balaban J connectivity index is 1.63. The Hall–Kier alpha value is -3.68. The SMILES string of the molecule is CN(Cc1cccc2c1C(=O)N(C1CCC(=O)NC1=O)C2=O)c1ccc(N)cc1. The van der Waals surface area contributed by atoms with E-state index in [9.17, 15) is 19.2 Å². The smallest absolute Gasteiger partial charge is 0.262 e. The van der Waals surface area contributed by atoms with E-state index < -0.39 is 29.7 Å². The average Bonchev–Trinajstić information content (AvgIpc) is 2.94. The van der Waals surface area contributed by atoms with Crippen LogP contribution < -0.4 is 16.0 Å². The number of hydrogen-bond donors (Lipinski definition) is 2. The van der Waals surface area contributed by atoms with Crippen LogP contribution in [-0.2, 0) is 16.1 Å². The number of hydrogen-bond acceptors (Lipinski definition) is 6. The molecule has 0 radical (unpaired) electrons. The first-order valence-electron chi connectivity index (χ1n) is 9.27. The van der Waals surface area contributed by atoms with Crippen molar-refractivity contribution in [2.45, 2.75) is 25.4 Å². The van der Waals surface area contributed by atoms with E-state index in [0.29, 0.717) is 23.4 Å². The van der Waals surface area contributed by atoms with Gasteiger partial charge in [0.15, 0.2) is 0 Å². The van der Waals surface area contributed by atoms with Gasteiger partial charge in [0.1, 0.15) is 6.04 Å². The van der Waals surface area contributed by atoms with Gasteiger partial charge in [0.25, 0.3) is 11.8 Å². The van der Waals surface area contributed by atoms with Crippen molar-refractivity contribution in [1.82, 2.24) is 10.2 Å². The van der Waals surface area contributed by atoms with E-state index >= 15 is 0 Å². The zero-order valence-corrected chi connectivity index (χ0v) is 15.8. The monoisotopic (exact) mass is 392 g/mol. The van der Waals surface area contributed by atoms with Crippen molar-refractivity contribution >= 4 is 35.0 Å². The van der Waals surface area contributed by atoms with Crippen molar-refractivity contribution < 1.29 is 19.2 Å². The molecule has 8 heteroatoms. The average molecular weight is 392 g/mol. The fraction of sp³-hybridized carbons (Fsp3) is 0.238. The van der Waals surface area contributed by atoms with Crippen molar-refractivity contribution in [2.24, 2.45) is 0 Å². The number of anilines is 2. The highest BCUT2D eigenvalue weighted by atomic mass is 16.2. The van der Waals surface area contributed by atoms with E-state index in [1.807, 2.05) is 24.1 Å². The number of imide groups is 2. The number of nitrogen functional groups attached to an aromatic ring is 1. The molecular formula is C21H20N4O4. The predicted octanol–water partition coefficient (Wildman–Crippen LogP) is 1.31. The summed E-state index contributed by atoms with van der Waals surface area (Å²) in [4.78, 5) is 52.6. The highest BCUT2D eigenvalue weighted by Gasteiger charge is 2.45. The molecule has 2 aliphatic rings. The second-order valence-corrected chi connectivity index (χ2v) is 7.23. The maximum absolute atomic E-state index is 13.1. The van der Waals surface area contributed by atoms with Crippen LogP contribution in [0.15, 0.2) is 42.5 Å². The minimum absolute atomic E-state index is 0.0938. The maximum Gasteiger partial charge on any atom is 0.262 e. The Morgan fingerprint density at radius 1 is 1.07 bits per heavy atom. The van der Waals surface area contributed by atoms with Crippen LogP contribution in [0.4, 0.5) is 11.4 Å². The number of amides is 4. The number of carbonyl (C=O) groups is 4. The highest BCUT2D eigenvalue weighted by molar-refractivity contribution is 6.24. The van der Waals surface area contributed by atoms with E-state index in [-0.39, 0.29) is 18.4 Å². The molecule has 0 aromatic heterocycles. The predicted molar refractivity (Wildman–Crippen MR) is 106 cm³/mol. The molecule has 2 aliphatic heterocycles. The quantitative estimate of drug-likeness (QED) is 0.599. The lowest BCUT2D eigenvalue weighted by Crippen LogP contribution is -2.54. The van der Waals surface area contributed by atoms with Crippen LogP contribution in [0.25, 0.3) is 0 Å². The lowest BCUT2D eigenvalue weighted by molar-refractivity contribution is -0.136. The Labute approximate surface area is 167 Å². The molecule has 4 amide bonds. The molecule has 1 saturated heterocycles. The maximum atomic E-state index is 13.1. The Kier molecular flexibility index (Phi) is 4.54. The van der Waals surface area contributed by atoms with Crippen LogP contribution in [0, 0.1) is 0 Å². The third-order valence-corrected chi connectivity index (χ3v) is 5.30. The van der Waals surface area contributed by atoms with E-state index in [2.05, 4.69) is 5.32 Å². The molecule has 0 bridgehead atoms. The topological polar surface area (TPSA) is 113 Å². The van der Waals surface area contributed by atoms with E-state index in [1.165, 1.54) is 0 Å². The van der Waals surface area contributed by atoms with Crippen molar-refractivity contribution in [3.8, 4) is 0 Å². The number of piperidine rings is 1. The summed E-state index contributed by atoms with van der Waals surface area (Å²) in [6.45, 7) is 0.398. The molecule has 29 heavy (non-hydrogen) atoms. The second kappa shape index (κ2) is 7.05. The van der Waals surface area contributed by atoms with Crippen LogP contribution in [-0.4, -0.2) is 41.6 Å². The minimum atomic E-state index is -0.970. The lowest BCUT2D eigenvalue weighted by Gasteiger charge is -2.28. The van der Waals surface area contributed by atoms with Crippen molar-refractivity contribution in [1.29, 1.82) is 0 Å². The van der Waals surface area contributed by atoms with Gasteiger partial charge in [0.05, 0.1) is 11.1 Å². The van der Waals surface area contributed by atoms with Crippen LogP contribution in [0.1, 0.15) is 39.1 Å². The Morgan fingerprint density at radius 2 is 1.79 bits per heavy atom. The molecule has 148 valence electrons. The van der Waals surface area contributed by atoms with E-state index in [4.69, 9.17) is 5.73 Å². The molecule has 2 heterocycles. The summed E-state index contributed by atoms with van der Waals surface area (Å²) in [7, 11) is 1.88. The molecule has 4 rings (SSSR count). The van der Waals surface area contributed by atoms with Gasteiger partial charge in [-0.05, 0) is 42.3 Å². The number of nitrogens with two attached hydrogens (primary N) is 1. The normalized spacial score (nSPS) is 18.7. The van der Waals surface area contributed by atoms with Gasteiger partial charge in [0.2, 0.25) is 11.8 Å². The first-order chi connectivity index (χ1) is 13.9. The molecular weight excluding hydrogens is 372 g/mol. The van der Waals surface area contributed by atoms with Gasteiger partial charge >= 0.3 is 0 Å². The van der Waals surface area contributed by atoms with Gasteiger partial charge in [-0.3, -0.25) is 29.4 Å². The van der Waals surface area contributed by atoms with Crippen molar-refractivity contribution in [3.63, 3.8) is 0 Å². The summed E-state index contributed by atoms with van der Waals surface area (Å²) < 4.78 is 0. The number of nitrogens with zero attached hydrogens (tertiary/aromatic N) is 2. The fourth-order valence-electron chi connectivity index (χ4n) is 3.79. The summed E-state index contributed by atoms with van der Waals surface area (Å²) >= 11 is 0. The number of nitrogens with one attached hydrogen (secondary N) is 1. The highest BCUT2D eigenvalue weighted by Crippen LogP contribution is 2.31. The second-order valence-electron chi connectivity index (χ2n) is 7.23. The molecule has 0 aliphatic carbocycles. The molecule has 0 saturated carbocycles.